The molecule has 1 N–H and O–H groups in total. The van der Waals surface area contributed by atoms with Crippen LogP contribution in [0, 0.1) is 5.92 Å². The Hall–Kier alpha value is -2.86. The molecule has 0 bridgehead atoms. The van der Waals surface area contributed by atoms with E-state index in [1.54, 1.807) is 0 Å². The molecule has 0 saturated heterocycles. The van der Waals surface area contributed by atoms with Gasteiger partial charge in [-0.2, -0.15) is 0 Å². The number of nitrogens with one attached hydrogen (secondary N) is 1. The quantitative estimate of drug-likeness (QED) is 0.675. The number of ether oxygens (including phenoxy) is 1. The van der Waals surface area contributed by atoms with Gasteiger partial charge in [0.25, 0.3) is 0 Å². The molecule has 6 heteroatoms. The molecule has 0 radical (unpaired) electrons. The molecule has 2 amide bonds. The van der Waals surface area contributed by atoms with Crippen LogP contribution in [0.1, 0.15) is 37.9 Å². The number of methoxy groups -OCH3 is 1. The summed E-state index contributed by atoms with van der Waals surface area (Å²) in [6.45, 7) is 6.32. The number of carbonyl (C=O) groups excluding carboxylic acids is 2. The lowest BCUT2D eigenvalue weighted by Gasteiger charge is -2.33. The van der Waals surface area contributed by atoms with E-state index < -0.39 is 0 Å². The van der Waals surface area contributed by atoms with Crippen LogP contribution in [0.2, 0.25) is 0 Å². The lowest BCUT2D eigenvalue weighted by molar-refractivity contribution is -0.137. The van der Waals surface area contributed by atoms with E-state index in [1.807, 2.05) is 86.3 Å². The van der Waals surface area contributed by atoms with E-state index >= 15 is 0 Å². The first-order chi connectivity index (χ1) is 14.2. The van der Waals surface area contributed by atoms with Gasteiger partial charge in [0.1, 0.15) is 6.61 Å². The maximum atomic E-state index is 13.1. The third kappa shape index (κ3) is 6.07. The monoisotopic (exact) mass is 411 g/mol. The molecule has 0 aliphatic rings. The SMILES string of the molecule is COCC(=O)Nc1ccc(N(C)C)c(CN(C(=O)C(C)C)C(C)c2ccccc2)c1. The van der Waals surface area contributed by atoms with Crippen LogP contribution in [-0.2, 0) is 20.9 Å². The molecule has 0 heterocycles. The molecule has 0 aliphatic carbocycles. The predicted molar refractivity (Wildman–Crippen MR) is 122 cm³/mol. The number of nitrogens with zero attached hydrogens (tertiary/aromatic N) is 2. The fourth-order valence-electron chi connectivity index (χ4n) is 3.39. The zero-order valence-electron chi connectivity index (χ0n) is 18.8. The van der Waals surface area contributed by atoms with Gasteiger partial charge < -0.3 is 19.9 Å². The summed E-state index contributed by atoms with van der Waals surface area (Å²) in [5.41, 5.74) is 3.73. The highest BCUT2D eigenvalue weighted by Gasteiger charge is 2.25. The Kier molecular flexibility index (Phi) is 8.42. The smallest absolute Gasteiger partial charge is 0.250 e. The maximum Gasteiger partial charge on any atom is 0.250 e. The van der Waals surface area contributed by atoms with E-state index in [4.69, 9.17) is 4.74 Å². The van der Waals surface area contributed by atoms with Crippen LogP contribution in [0.25, 0.3) is 0 Å². The fourth-order valence-corrected chi connectivity index (χ4v) is 3.39. The average molecular weight is 412 g/mol. The van der Waals surface area contributed by atoms with Gasteiger partial charge in [0.15, 0.2) is 0 Å². The zero-order valence-corrected chi connectivity index (χ0v) is 18.8. The summed E-state index contributed by atoms with van der Waals surface area (Å²) in [6.07, 6.45) is 0. The highest BCUT2D eigenvalue weighted by molar-refractivity contribution is 5.92. The van der Waals surface area contributed by atoms with Gasteiger partial charge >= 0.3 is 0 Å². The molecule has 6 nitrogen and oxygen atoms in total. The molecular weight excluding hydrogens is 378 g/mol. The number of hydrogen-bond donors (Lipinski definition) is 1. The van der Waals surface area contributed by atoms with Crippen molar-refractivity contribution in [2.45, 2.75) is 33.4 Å². The van der Waals surface area contributed by atoms with Crippen molar-refractivity contribution in [3.05, 3.63) is 59.7 Å². The van der Waals surface area contributed by atoms with Crippen molar-refractivity contribution < 1.29 is 14.3 Å². The molecule has 0 spiro atoms. The molecule has 0 saturated carbocycles. The Morgan fingerprint density at radius 1 is 1.03 bits per heavy atom. The minimum Gasteiger partial charge on any atom is -0.377 e. The topological polar surface area (TPSA) is 61.9 Å². The lowest BCUT2D eigenvalue weighted by atomic mass is 10.0. The summed E-state index contributed by atoms with van der Waals surface area (Å²) in [4.78, 5) is 29.0. The van der Waals surface area contributed by atoms with E-state index in [1.165, 1.54) is 7.11 Å². The van der Waals surface area contributed by atoms with E-state index in [2.05, 4.69) is 12.2 Å². The zero-order chi connectivity index (χ0) is 22.3. The second kappa shape index (κ2) is 10.8. The van der Waals surface area contributed by atoms with Crippen molar-refractivity contribution in [3.8, 4) is 0 Å². The van der Waals surface area contributed by atoms with E-state index in [-0.39, 0.29) is 30.4 Å². The Labute approximate surface area is 179 Å². The van der Waals surface area contributed by atoms with Gasteiger partial charge in [-0.1, -0.05) is 44.2 Å². The molecule has 0 aromatic heterocycles. The minimum absolute atomic E-state index is 0.00618. The van der Waals surface area contributed by atoms with Gasteiger partial charge in [-0.25, -0.2) is 0 Å². The molecule has 162 valence electrons. The van der Waals surface area contributed by atoms with Gasteiger partial charge in [0, 0.05) is 45.0 Å². The lowest BCUT2D eigenvalue weighted by Crippen LogP contribution is -2.36. The first-order valence-electron chi connectivity index (χ1n) is 10.2. The minimum atomic E-state index is -0.214. The number of anilines is 2. The average Bonchev–Trinajstić information content (AvgIpc) is 2.71. The summed E-state index contributed by atoms with van der Waals surface area (Å²) in [6, 6.07) is 15.7. The highest BCUT2D eigenvalue weighted by Crippen LogP contribution is 2.29. The summed E-state index contributed by atoms with van der Waals surface area (Å²) in [5, 5.41) is 2.85. The van der Waals surface area contributed by atoms with Crippen molar-refractivity contribution in [1.29, 1.82) is 0 Å². The molecule has 1 unspecified atom stereocenters. The first-order valence-corrected chi connectivity index (χ1v) is 10.2. The van der Waals surface area contributed by atoms with Crippen LogP contribution < -0.4 is 10.2 Å². The summed E-state index contributed by atoms with van der Waals surface area (Å²) in [5.74, 6) is -0.248. The number of benzene rings is 2. The molecule has 2 aromatic rings. The Morgan fingerprint density at radius 2 is 1.70 bits per heavy atom. The van der Waals surface area contributed by atoms with E-state index in [0.717, 1.165) is 16.8 Å². The molecule has 2 aromatic carbocycles. The van der Waals surface area contributed by atoms with Crippen molar-refractivity contribution in [2.24, 2.45) is 5.92 Å². The van der Waals surface area contributed by atoms with Crippen molar-refractivity contribution >= 4 is 23.2 Å². The van der Waals surface area contributed by atoms with Crippen LogP contribution in [0.4, 0.5) is 11.4 Å². The molecule has 1 atom stereocenters. The maximum absolute atomic E-state index is 13.1. The van der Waals surface area contributed by atoms with Crippen molar-refractivity contribution in [3.63, 3.8) is 0 Å². The van der Waals surface area contributed by atoms with Crippen molar-refractivity contribution in [1.82, 2.24) is 4.90 Å². The Bertz CT molecular complexity index is 850. The van der Waals surface area contributed by atoms with E-state index in [9.17, 15) is 9.59 Å². The van der Waals surface area contributed by atoms with Gasteiger partial charge in [0.2, 0.25) is 11.8 Å². The third-order valence-electron chi connectivity index (χ3n) is 4.99. The molecule has 0 aliphatic heterocycles. The molecule has 30 heavy (non-hydrogen) atoms. The number of rotatable bonds is 9. The van der Waals surface area contributed by atoms with Gasteiger partial charge in [0.05, 0.1) is 6.04 Å². The Morgan fingerprint density at radius 3 is 2.27 bits per heavy atom. The largest absolute Gasteiger partial charge is 0.377 e. The highest BCUT2D eigenvalue weighted by atomic mass is 16.5. The number of amides is 2. The summed E-state index contributed by atoms with van der Waals surface area (Å²) >= 11 is 0. The second-order valence-electron chi connectivity index (χ2n) is 7.93. The van der Waals surface area contributed by atoms with Crippen LogP contribution in [0.5, 0.6) is 0 Å². The van der Waals surface area contributed by atoms with Crippen LogP contribution in [-0.4, -0.2) is 44.5 Å². The van der Waals surface area contributed by atoms with Gasteiger partial charge in [-0.3, -0.25) is 9.59 Å². The molecular formula is C24H33N3O3. The van der Waals surface area contributed by atoms with E-state index in [0.29, 0.717) is 12.2 Å². The number of carbonyl (C=O) groups is 2. The van der Waals surface area contributed by atoms with Gasteiger partial charge in [-0.15, -0.1) is 0 Å². The van der Waals surface area contributed by atoms with Gasteiger partial charge in [-0.05, 0) is 36.2 Å². The Balaban J connectivity index is 2.41. The van der Waals surface area contributed by atoms with Crippen LogP contribution in [0.15, 0.2) is 48.5 Å². The first kappa shape index (κ1) is 23.4. The second-order valence-corrected chi connectivity index (χ2v) is 7.93. The standard InChI is InChI=1S/C24H33N3O3/c1-17(2)24(29)27(18(3)19-10-8-7-9-11-19)15-20-14-21(25-23(28)16-30-6)12-13-22(20)26(4)5/h7-14,17-18H,15-16H2,1-6H3,(H,25,28). The summed E-state index contributed by atoms with van der Waals surface area (Å²) < 4.78 is 4.90. The molecule has 2 rings (SSSR count). The van der Waals surface area contributed by atoms with Crippen molar-refractivity contribution in [2.75, 3.05) is 38.0 Å². The summed E-state index contributed by atoms with van der Waals surface area (Å²) in [7, 11) is 5.43. The molecule has 0 fully saturated rings. The predicted octanol–water partition coefficient (Wildman–Crippen LogP) is 4.08. The van der Waals surface area contributed by atoms with Crippen LogP contribution >= 0.6 is 0 Å². The normalized spacial score (nSPS) is 11.8. The van der Waals surface area contributed by atoms with Crippen LogP contribution in [0.3, 0.4) is 0 Å². The third-order valence-corrected chi connectivity index (χ3v) is 4.99. The fraction of sp³-hybridized carbons (Fsp3) is 0.417. The number of hydrogen-bond acceptors (Lipinski definition) is 4.